The van der Waals surface area contributed by atoms with Gasteiger partial charge in [0.05, 0.1) is 6.61 Å². The molecule has 2 N–H and O–H groups in total. The van der Waals surface area contributed by atoms with Crippen molar-refractivity contribution in [2.24, 2.45) is 0 Å². The van der Waals surface area contributed by atoms with Crippen LogP contribution in [0.5, 0.6) is 11.5 Å². The first kappa shape index (κ1) is 20.6. The van der Waals surface area contributed by atoms with Crippen molar-refractivity contribution < 1.29 is 14.6 Å². The number of nitrogens with one attached hydrogen (secondary N) is 1. The number of aryl methyl sites for hydroxylation is 1. The molecular formula is C23H29NO3. The van der Waals surface area contributed by atoms with E-state index in [-0.39, 0.29) is 5.78 Å². The van der Waals surface area contributed by atoms with Crippen LogP contribution in [0.4, 0.5) is 5.69 Å². The summed E-state index contributed by atoms with van der Waals surface area (Å²) in [6.07, 6.45) is 5.61. The molecule has 0 heterocycles. The van der Waals surface area contributed by atoms with Crippen LogP contribution in [-0.4, -0.2) is 24.5 Å². The highest BCUT2D eigenvalue weighted by molar-refractivity contribution is 6.07. The molecule has 0 unspecified atom stereocenters. The van der Waals surface area contributed by atoms with E-state index < -0.39 is 0 Å². The lowest BCUT2D eigenvalue weighted by Crippen LogP contribution is -2.03. The van der Waals surface area contributed by atoms with Gasteiger partial charge >= 0.3 is 0 Å². The second-order valence-electron chi connectivity index (χ2n) is 6.36. The minimum Gasteiger partial charge on any atom is -0.507 e. The average molecular weight is 367 g/mol. The normalized spacial score (nSPS) is 11.0. The molecule has 0 spiro atoms. The minimum absolute atomic E-state index is 0.0664. The Kier molecular flexibility index (Phi) is 7.47. The predicted molar refractivity (Wildman–Crippen MR) is 112 cm³/mol. The van der Waals surface area contributed by atoms with Crippen LogP contribution in [0.25, 0.3) is 6.08 Å². The van der Waals surface area contributed by atoms with Crippen molar-refractivity contribution in [2.45, 2.75) is 40.0 Å². The number of anilines is 1. The Hall–Kier alpha value is -2.75. The number of rotatable bonds is 9. The highest BCUT2D eigenvalue weighted by Crippen LogP contribution is 2.37. The zero-order chi connectivity index (χ0) is 19.8. The Morgan fingerprint density at radius 2 is 1.85 bits per heavy atom. The van der Waals surface area contributed by atoms with Gasteiger partial charge in [-0.1, -0.05) is 20.8 Å². The molecule has 0 amide bonds. The van der Waals surface area contributed by atoms with Gasteiger partial charge in [0.15, 0.2) is 5.78 Å². The smallest absolute Gasteiger partial charge is 0.185 e. The number of hydrogen-bond acceptors (Lipinski definition) is 4. The van der Waals surface area contributed by atoms with Gasteiger partial charge in [-0.2, -0.15) is 0 Å². The first-order chi connectivity index (χ1) is 13.0. The van der Waals surface area contributed by atoms with Crippen LogP contribution in [0.15, 0.2) is 36.4 Å². The summed E-state index contributed by atoms with van der Waals surface area (Å²) in [5.41, 5.74) is 4.08. The molecule has 2 aromatic carbocycles. The van der Waals surface area contributed by atoms with Gasteiger partial charge in [0, 0.05) is 29.4 Å². The molecule has 2 rings (SSSR count). The Labute approximate surface area is 161 Å². The van der Waals surface area contributed by atoms with E-state index in [9.17, 15) is 9.90 Å². The molecule has 0 atom stereocenters. The zero-order valence-corrected chi connectivity index (χ0v) is 16.6. The van der Waals surface area contributed by atoms with E-state index in [2.05, 4.69) is 5.32 Å². The van der Waals surface area contributed by atoms with E-state index in [0.29, 0.717) is 36.5 Å². The number of benzene rings is 2. The number of phenolic OH excluding ortho intramolecular Hbond substituents is 1. The molecule has 0 bridgehead atoms. The SMILES string of the molecule is CCCOc1c(/C=C/C(=O)c2ccc(NC)cc2)cc(CC)c(O)c1CC. The number of ketones is 1. The summed E-state index contributed by atoms with van der Waals surface area (Å²) in [4.78, 5) is 12.5. The van der Waals surface area contributed by atoms with Gasteiger partial charge in [-0.25, -0.2) is 0 Å². The molecule has 0 saturated carbocycles. The van der Waals surface area contributed by atoms with Crippen molar-refractivity contribution in [1.82, 2.24) is 0 Å². The van der Waals surface area contributed by atoms with Crippen LogP contribution in [0, 0.1) is 0 Å². The van der Waals surface area contributed by atoms with E-state index in [1.54, 1.807) is 24.3 Å². The second-order valence-corrected chi connectivity index (χ2v) is 6.36. The highest BCUT2D eigenvalue weighted by Gasteiger charge is 2.16. The largest absolute Gasteiger partial charge is 0.507 e. The molecule has 0 aliphatic heterocycles. The average Bonchev–Trinajstić information content (AvgIpc) is 2.71. The fraction of sp³-hybridized carbons (Fsp3) is 0.348. The summed E-state index contributed by atoms with van der Waals surface area (Å²) in [6.45, 7) is 6.61. The van der Waals surface area contributed by atoms with E-state index in [0.717, 1.165) is 28.8 Å². The topological polar surface area (TPSA) is 58.6 Å². The van der Waals surface area contributed by atoms with Crippen molar-refractivity contribution in [2.75, 3.05) is 19.0 Å². The standard InChI is InChI=1S/C23H29NO3/c1-5-14-27-23-18(15-16(6-2)22(26)20(23)7-3)10-13-21(25)17-8-11-19(24-4)12-9-17/h8-13,15,24,26H,5-7,14H2,1-4H3/b13-10+. The first-order valence-electron chi connectivity index (χ1n) is 9.56. The summed E-state index contributed by atoms with van der Waals surface area (Å²) < 4.78 is 5.93. The van der Waals surface area contributed by atoms with Crippen molar-refractivity contribution in [3.63, 3.8) is 0 Å². The Morgan fingerprint density at radius 3 is 2.41 bits per heavy atom. The van der Waals surface area contributed by atoms with E-state index in [1.165, 1.54) is 0 Å². The van der Waals surface area contributed by atoms with Crippen LogP contribution in [0.3, 0.4) is 0 Å². The number of carbonyl (C=O) groups is 1. The van der Waals surface area contributed by atoms with Crippen molar-refractivity contribution >= 4 is 17.5 Å². The van der Waals surface area contributed by atoms with Gasteiger partial charge < -0.3 is 15.2 Å². The molecule has 4 nitrogen and oxygen atoms in total. The summed E-state index contributed by atoms with van der Waals surface area (Å²) >= 11 is 0. The third kappa shape index (κ3) is 4.91. The molecule has 0 radical (unpaired) electrons. The maximum Gasteiger partial charge on any atom is 0.185 e. The third-order valence-corrected chi connectivity index (χ3v) is 4.51. The monoisotopic (exact) mass is 367 g/mol. The number of allylic oxidation sites excluding steroid dienone is 1. The van der Waals surface area contributed by atoms with Gasteiger partial charge in [-0.3, -0.25) is 4.79 Å². The van der Waals surface area contributed by atoms with Gasteiger partial charge in [0.1, 0.15) is 11.5 Å². The Bertz CT molecular complexity index is 807. The number of hydrogen-bond donors (Lipinski definition) is 2. The molecule has 144 valence electrons. The summed E-state index contributed by atoms with van der Waals surface area (Å²) in [5, 5.41) is 13.6. The van der Waals surface area contributed by atoms with Crippen molar-refractivity contribution in [1.29, 1.82) is 0 Å². The fourth-order valence-electron chi connectivity index (χ4n) is 2.96. The number of aromatic hydroxyl groups is 1. The molecule has 0 fully saturated rings. The molecule has 2 aromatic rings. The Balaban J connectivity index is 2.39. The van der Waals surface area contributed by atoms with Crippen molar-refractivity contribution in [3.05, 3.63) is 58.7 Å². The Morgan fingerprint density at radius 1 is 1.15 bits per heavy atom. The summed E-state index contributed by atoms with van der Waals surface area (Å²) in [7, 11) is 1.84. The van der Waals surface area contributed by atoms with Crippen LogP contribution >= 0.6 is 0 Å². The van der Waals surface area contributed by atoms with Crippen molar-refractivity contribution in [3.8, 4) is 11.5 Å². The first-order valence-corrected chi connectivity index (χ1v) is 9.56. The summed E-state index contributed by atoms with van der Waals surface area (Å²) in [5.74, 6) is 0.907. The minimum atomic E-state index is -0.0664. The van der Waals surface area contributed by atoms with E-state index in [1.807, 2.05) is 46.0 Å². The number of carbonyl (C=O) groups excluding carboxylic acids is 1. The molecule has 4 heteroatoms. The van der Waals surface area contributed by atoms with Gasteiger partial charge in [-0.15, -0.1) is 0 Å². The molecule has 27 heavy (non-hydrogen) atoms. The van der Waals surface area contributed by atoms with Crippen LogP contribution < -0.4 is 10.1 Å². The molecule has 0 aromatic heterocycles. The van der Waals surface area contributed by atoms with Gasteiger partial charge in [0.2, 0.25) is 0 Å². The lowest BCUT2D eigenvalue weighted by Gasteiger charge is -2.17. The lowest BCUT2D eigenvalue weighted by molar-refractivity contribution is 0.104. The number of phenols is 1. The van der Waals surface area contributed by atoms with Crippen LogP contribution in [0.1, 0.15) is 54.2 Å². The van der Waals surface area contributed by atoms with Crippen LogP contribution in [-0.2, 0) is 12.8 Å². The highest BCUT2D eigenvalue weighted by atomic mass is 16.5. The van der Waals surface area contributed by atoms with Crippen LogP contribution in [0.2, 0.25) is 0 Å². The third-order valence-electron chi connectivity index (χ3n) is 4.51. The molecule has 0 aliphatic rings. The van der Waals surface area contributed by atoms with Gasteiger partial charge in [0.25, 0.3) is 0 Å². The second kappa shape index (κ2) is 9.81. The maximum absolute atomic E-state index is 12.5. The quantitative estimate of drug-likeness (QED) is 0.470. The number of ether oxygens (including phenoxy) is 1. The predicted octanol–water partition coefficient (Wildman–Crippen LogP) is 5.24. The fourth-order valence-corrected chi connectivity index (χ4v) is 2.96. The zero-order valence-electron chi connectivity index (χ0n) is 16.6. The van der Waals surface area contributed by atoms with E-state index >= 15 is 0 Å². The summed E-state index contributed by atoms with van der Waals surface area (Å²) in [6, 6.07) is 9.27. The van der Waals surface area contributed by atoms with E-state index in [4.69, 9.17) is 4.74 Å². The lowest BCUT2D eigenvalue weighted by atomic mass is 9.98. The maximum atomic E-state index is 12.5. The van der Waals surface area contributed by atoms with Gasteiger partial charge in [-0.05, 0) is 67.3 Å². The molecular weight excluding hydrogens is 338 g/mol. The molecule has 0 aliphatic carbocycles. The molecule has 0 saturated heterocycles.